The van der Waals surface area contributed by atoms with Crippen molar-refractivity contribution in [2.75, 3.05) is 13.2 Å². The van der Waals surface area contributed by atoms with E-state index in [4.69, 9.17) is 10.5 Å². The maximum Gasteiger partial charge on any atom is 0.147 e. The van der Waals surface area contributed by atoms with Crippen LogP contribution in [0.1, 0.15) is 25.3 Å². The summed E-state index contributed by atoms with van der Waals surface area (Å²) in [5.41, 5.74) is 9.37. The maximum atomic E-state index is 14.2. The van der Waals surface area contributed by atoms with Crippen LogP contribution in [-0.4, -0.2) is 18.1 Å². The number of benzene rings is 2. The van der Waals surface area contributed by atoms with Crippen LogP contribution in [0.3, 0.4) is 0 Å². The van der Waals surface area contributed by atoms with Gasteiger partial charge in [0.2, 0.25) is 0 Å². The summed E-state index contributed by atoms with van der Waals surface area (Å²) in [5, 5.41) is 0.955. The van der Waals surface area contributed by atoms with Gasteiger partial charge in [0.1, 0.15) is 11.6 Å². The fourth-order valence-corrected chi connectivity index (χ4v) is 3.07. The van der Waals surface area contributed by atoms with Crippen molar-refractivity contribution >= 4 is 10.9 Å². The second-order valence-electron chi connectivity index (χ2n) is 5.84. The molecule has 3 aromatic rings. The Hall–Kier alpha value is -2.33. The molecule has 2 aromatic carbocycles. The van der Waals surface area contributed by atoms with E-state index in [0.717, 1.165) is 47.2 Å². The molecule has 0 spiro atoms. The summed E-state index contributed by atoms with van der Waals surface area (Å²) in [4.78, 5) is 3.28. The van der Waals surface area contributed by atoms with E-state index in [9.17, 15) is 4.39 Å². The molecule has 0 amide bonds. The van der Waals surface area contributed by atoms with Gasteiger partial charge in [-0.15, -0.1) is 0 Å². The number of rotatable bonds is 7. The van der Waals surface area contributed by atoms with E-state index < -0.39 is 0 Å². The highest BCUT2D eigenvalue weighted by Gasteiger charge is 2.15. The van der Waals surface area contributed by atoms with Crippen LogP contribution < -0.4 is 10.5 Å². The molecular formula is C20H23FN2O. The minimum Gasteiger partial charge on any atom is -0.494 e. The number of halogens is 1. The zero-order chi connectivity index (χ0) is 16.9. The van der Waals surface area contributed by atoms with E-state index in [0.29, 0.717) is 18.7 Å². The lowest BCUT2D eigenvalue weighted by atomic mass is 10.00. The van der Waals surface area contributed by atoms with Gasteiger partial charge in [0.25, 0.3) is 0 Å². The number of nitrogens with one attached hydrogen (secondary N) is 1. The molecule has 3 nitrogen and oxygen atoms in total. The monoisotopic (exact) mass is 326 g/mol. The Morgan fingerprint density at radius 2 is 1.88 bits per heavy atom. The van der Waals surface area contributed by atoms with E-state index in [1.807, 2.05) is 37.3 Å². The summed E-state index contributed by atoms with van der Waals surface area (Å²) in [6.07, 6.45) is 2.83. The van der Waals surface area contributed by atoms with Gasteiger partial charge in [0, 0.05) is 11.1 Å². The van der Waals surface area contributed by atoms with E-state index in [1.165, 1.54) is 6.07 Å². The summed E-state index contributed by atoms with van der Waals surface area (Å²) in [6.45, 7) is 3.28. The predicted octanol–water partition coefficient (Wildman–Crippen LogP) is 4.65. The van der Waals surface area contributed by atoms with Gasteiger partial charge in [0.15, 0.2) is 0 Å². The molecule has 0 bridgehead atoms. The Morgan fingerprint density at radius 3 is 2.58 bits per heavy atom. The van der Waals surface area contributed by atoms with Crippen LogP contribution in [0.25, 0.3) is 22.2 Å². The highest BCUT2D eigenvalue weighted by molar-refractivity contribution is 5.91. The van der Waals surface area contributed by atoms with Crippen LogP contribution >= 0.6 is 0 Å². The summed E-state index contributed by atoms with van der Waals surface area (Å²) in [6, 6.07) is 13.2. The lowest BCUT2D eigenvalue weighted by Gasteiger charge is -2.07. The van der Waals surface area contributed by atoms with Gasteiger partial charge in [-0.2, -0.15) is 0 Å². The number of aryl methyl sites for hydroxylation is 1. The fourth-order valence-electron chi connectivity index (χ4n) is 3.07. The first-order valence-corrected chi connectivity index (χ1v) is 8.47. The smallest absolute Gasteiger partial charge is 0.147 e. The molecule has 1 heterocycles. The first kappa shape index (κ1) is 16.5. The zero-order valence-corrected chi connectivity index (χ0v) is 13.9. The van der Waals surface area contributed by atoms with E-state index in [1.54, 1.807) is 6.07 Å². The largest absolute Gasteiger partial charge is 0.494 e. The number of fused-ring (bicyclic) bond motifs is 1. The van der Waals surface area contributed by atoms with Gasteiger partial charge in [-0.1, -0.05) is 12.1 Å². The van der Waals surface area contributed by atoms with Crippen molar-refractivity contribution in [1.82, 2.24) is 4.98 Å². The van der Waals surface area contributed by atoms with E-state index >= 15 is 0 Å². The quantitative estimate of drug-likeness (QED) is 0.621. The van der Waals surface area contributed by atoms with Gasteiger partial charge >= 0.3 is 0 Å². The van der Waals surface area contributed by atoms with Crippen LogP contribution in [0, 0.1) is 5.82 Å². The average molecular weight is 326 g/mol. The molecule has 0 saturated heterocycles. The van der Waals surface area contributed by atoms with Crippen molar-refractivity contribution < 1.29 is 9.13 Å². The standard InChI is InChI=1S/C20H23FN2O/c1-2-24-15-11-9-14(10-12-15)19-16(6-3-4-13-22)17-7-5-8-18(21)20(17)23-19/h5,7-12,23H,2-4,6,13,22H2,1H3. The molecule has 0 aliphatic heterocycles. The van der Waals surface area contributed by atoms with Crippen LogP contribution in [0.2, 0.25) is 0 Å². The third-order valence-corrected chi connectivity index (χ3v) is 4.23. The Labute approximate surface area is 141 Å². The van der Waals surface area contributed by atoms with Crippen molar-refractivity contribution in [2.24, 2.45) is 5.73 Å². The van der Waals surface area contributed by atoms with Crippen molar-refractivity contribution in [3.05, 3.63) is 53.8 Å². The Morgan fingerprint density at radius 1 is 1.08 bits per heavy atom. The van der Waals surface area contributed by atoms with Crippen molar-refractivity contribution in [3.8, 4) is 17.0 Å². The van der Waals surface area contributed by atoms with E-state index in [2.05, 4.69) is 4.98 Å². The topological polar surface area (TPSA) is 51.0 Å². The number of unbranched alkanes of at least 4 members (excludes halogenated alkanes) is 1. The molecule has 1 aromatic heterocycles. The normalized spacial score (nSPS) is 11.1. The third kappa shape index (κ3) is 3.29. The first-order chi connectivity index (χ1) is 11.7. The van der Waals surface area contributed by atoms with Crippen molar-refractivity contribution in [1.29, 1.82) is 0 Å². The molecule has 126 valence electrons. The minimum atomic E-state index is -0.218. The molecule has 0 saturated carbocycles. The summed E-state index contributed by atoms with van der Waals surface area (Å²) >= 11 is 0. The molecule has 0 atom stereocenters. The van der Waals surface area contributed by atoms with Crippen molar-refractivity contribution in [3.63, 3.8) is 0 Å². The van der Waals surface area contributed by atoms with Crippen LogP contribution in [0.5, 0.6) is 5.75 Å². The number of aromatic amines is 1. The predicted molar refractivity (Wildman–Crippen MR) is 96.9 cm³/mol. The number of hydrogen-bond donors (Lipinski definition) is 2. The zero-order valence-electron chi connectivity index (χ0n) is 13.9. The van der Waals surface area contributed by atoms with Gasteiger partial charge in [-0.25, -0.2) is 4.39 Å². The molecule has 0 unspecified atom stereocenters. The van der Waals surface area contributed by atoms with Crippen molar-refractivity contribution in [2.45, 2.75) is 26.2 Å². The first-order valence-electron chi connectivity index (χ1n) is 8.47. The average Bonchev–Trinajstić information content (AvgIpc) is 2.96. The molecule has 0 aliphatic rings. The third-order valence-electron chi connectivity index (χ3n) is 4.23. The molecule has 4 heteroatoms. The maximum absolute atomic E-state index is 14.2. The summed E-state index contributed by atoms with van der Waals surface area (Å²) in [7, 11) is 0. The Bertz CT molecular complexity index is 808. The van der Waals surface area contributed by atoms with E-state index in [-0.39, 0.29) is 5.82 Å². The van der Waals surface area contributed by atoms with Gasteiger partial charge in [-0.05, 0) is 74.2 Å². The Kier molecular flexibility index (Phi) is 5.16. The summed E-state index contributed by atoms with van der Waals surface area (Å²) in [5.74, 6) is 0.623. The number of nitrogens with two attached hydrogens (primary N) is 1. The SMILES string of the molecule is CCOc1ccc(-c2[nH]c3c(F)cccc3c2CCCCN)cc1. The molecule has 0 radical (unpaired) electrons. The highest BCUT2D eigenvalue weighted by atomic mass is 19.1. The molecule has 0 fully saturated rings. The number of aromatic nitrogens is 1. The molecule has 3 rings (SSSR count). The molecular weight excluding hydrogens is 303 g/mol. The lowest BCUT2D eigenvalue weighted by Crippen LogP contribution is -1.99. The number of para-hydroxylation sites is 1. The second kappa shape index (κ2) is 7.49. The molecule has 0 aliphatic carbocycles. The van der Waals surface area contributed by atoms with Crippen LogP contribution in [0.4, 0.5) is 4.39 Å². The van der Waals surface area contributed by atoms with Crippen LogP contribution in [-0.2, 0) is 6.42 Å². The van der Waals surface area contributed by atoms with Gasteiger partial charge in [0.05, 0.1) is 12.1 Å². The second-order valence-corrected chi connectivity index (χ2v) is 5.84. The van der Waals surface area contributed by atoms with Crippen LogP contribution in [0.15, 0.2) is 42.5 Å². The Balaban J connectivity index is 2.04. The summed E-state index contributed by atoms with van der Waals surface area (Å²) < 4.78 is 19.7. The highest BCUT2D eigenvalue weighted by Crippen LogP contribution is 2.33. The lowest BCUT2D eigenvalue weighted by molar-refractivity contribution is 0.340. The number of hydrogen-bond acceptors (Lipinski definition) is 2. The molecule has 3 N–H and O–H groups in total. The molecule has 24 heavy (non-hydrogen) atoms. The minimum absolute atomic E-state index is 0.218. The van der Waals surface area contributed by atoms with Gasteiger partial charge < -0.3 is 15.5 Å². The fraction of sp³-hybridized carbons (Fsp3) is 0.300. The van der Waals surface area contributed by atoms with Gasteiger partial charge in [-0.3, -0.25) is 0 Å². The number of H-pyrrole nitrogens is 1. The number of ether oxygens (including phenoxy) is 1.